The van der Waals surface area contributed by atoms with Gasteiger partial charge in [0.15, 0.2) is 0 Å². The van der Waals surface area contributed by atoms with Crippen LogP contribution in [0.25, 0.3) is 6.08 Å². The maximum Gasteiger partial charge on any atom is 0.355 e. The quantitative estimate of drug-likeness (QED) is 0.117. The number of rotatable bonds is 18. The van der Waals surface area contributed by atoms with Crippen molar-refractivity contribution in [3.05, 3.63) is 97.8 Å². The summed E-state index contributed by atoms with van der Waals surface area (Å²) in [5, 5.41) is 0. The second-order valence-corrected chi connectivity index (χ2v) is 12.8. The SMILES string of the molecule is CCOC(=O)Cc1c(CC2=N/C(=C\c3[nH]c(C)c(C)c3CCC(=O)OC)C(CCC(=O)OC)=C2C)[nH]c(C(=O)OCc2ccccc2)c1CCC(=O)OC. The van der Waals surface area contributed by atoms with Crippen molar-refractivity contribution in [3.63, 3.8) is 0 Å². The van der Waals surface area contributed by atoms with Gasteiger partial charge >= 0.3 is 29.8 Å². The maximum absolute atomic E-state index is 13.7. The van der Waals surface area contributed by atoms with Gasteiger partial charge in [-0.2, -0.15) is 0 Å². The van der Waals surface area contributed by atoms with E-state index in [4.69, 9.17) is 28.7 Å². The van der Waals surface area contributed by atoms with Crippen LogP contribution in [0.4, 0.5) is 0 Å². The zero-order valence-electron chi connectivity index (χ0n) is 32.1. The molecule has 0 atom stereocenters. The van der Waals surface area contributed by atoms with Crippen LogP contribution in [0.1, 0.15) is 94.9 Å². The van der Waals surface area contributed by atoms with Crippen molar-refractivity contribution in [1.29, 1.82) is 0 Å². The molecule has 0 fully saturated rings. The normalized spacial score (nSPS) is 13.2. The Morgan fingerprint density at radius 3 is 1.96 bits per heavy atom. The number of aromatic nitrogens is 2. The number of aromatic amines is 2. The number of esters is 5. The van der Waals surface area contributed by atoms with E-state index in [1.807, 2.05) is 57.2 Å². The summed E-state index contributed by atoms with van der Waals surface area (Å²) in [7, 11) is 3.98. The molecule has 13 heteroatoms. The Kier molecular flexibility index (Phi) is 14.7. The molecule has 3 aromatic rings. The van der Waals surface area contributed by atoms with Crippen molar-refractivity contribution >= 4 is 41.6 Å². The van der Waals surface area contributed by atoms with Gasteiger partial charge in [-0.25, -0.2) is 4.79 Å². The fourth-order valence-electron chi connectivity index (χ4n) is 6.41. The zero-order valence-corrected chi connectivity index (χ0v) is 32.1. The Morgan fingerprint density at radius 1 is 0.741 bits per heavy atom. The van der Waals surface area contributed by atoms with Gasteiger partial charge in [0.1, 0.15) is 12.3 Å². The van der Waals surface area contributed by atoms with E-state index in [-0.39, 0.29) is 69.4 Å². The average molecular weight is 744 g/mol. The van der Waals surface area contributed by atoms with E-state index in [1.54, 1.807) is 6.92 Å². The van der Waals surface area contributed by atoms with E-state index in [9.17, 15) is 24.0 Å². The Bertz CT molecular complexity index is 1960. The highest BCUT2D eigenvalue weighted by Crippen LogP contribution is 2.35. The zero-order chi connectivity index (χ0) is 39.4. The number of hydrogen-bond acceptors (Lipinski definition) is 11. The van der Waals surface area contributed by atoms with Crippen molar-refractivity contribution in [3.8, 4) is 0 Å². The molecule has 0 spiro atoms. The molecule has 54 heavy (non-hydrogen) atoms. The molecule has 0 unspecified atom stereocenters. The van der Waals surface area contributed by atoms with Crippen LogP contribution in [0.5, 0.6) is 0 Å². The monoisotopic (exact) mass is 743 g/mol. The molecule has 3 heterocycles. The lowest BCUT2D eigenvalue weighted by Crippen LogP contribution is -2.13. The van der Waals surface area contributed by atoms with Crippen molar-refractivity contribution < 1.29 is 47.7 Å². The molecular weight excluding hydrogens is 694 g/mol. The number of aliphatic imine (C=N–C) groups is 1. The van der Waals surface area contributed by atoms with Crippen LogP contribution in [-0.2, 0) is 75.2 Å². The number of carbonyl (C=O) groups excluding carboxylic acids is 5. The van der Waals surface area contributed by atoms with E-state index in [2.05, 4.69) is 9.97 Å². The summed E-state index contributed by atoms with van der Waals surface area (Å²) in [5.41, 5.74) is 9.03. The molecule has 13 nitrogen and oxygen atoms in total. The van der Waals surface area contributed by atoms with Crippen molar-refractivity contribution in [2.75, 3.05) is 27.9 Å². The molecule has 0 aliphatic carbocycles. The predicted octanol–water partition coefficient (Wildman–Crippen LogP) is 5.94. The fraction of sp³-hybridized carbons (Fsp3) is 0.415. The predicted molar refractivity (Wildman–Crippen MR) is 201 cm³/mol. The first-order valence-corrected chi connectivity index (χ1v) is 17.9. The average Bonchev–Trinajstić information content (AvgIpc) is 3.75. The highest BCUT2D eigenvalue weighted by molar-refractivity contribution is 6.06. The van der Waals surface area contributed by atoms with Crippen LogP contribution in [0.3, 0.4) is 0 Å². The molecule has 0 amide bonds. The minimum absolute atomic E-state index is 0.0171. The molecule has 288 valence electrons. The standard InChI is InChI=1S/C41H49N3O10/c1-8-53-39(48)20-31-30(16-19-38(47)52-7)40(41(49)54-23-27-12-10-9-11-13-27)44-35(31)21-32-25(3)29(15-18-37(46)51-6)34(43-32)22-33-28(14-17-36(45)50-5)24(2)26(4)42-33/h9-13,22,42,44H,8,14-21,23H2,1-7H3/b34-22-. The third-order valence-electron chi connectivity index (χ3n) is 9.51. The van der Waals surface area contributed by atoms with Gasteiger partial charge in [-0.3, -0.25) is 24.2 Å². The van der Waals surface area contributed by atoms with Crippen LogP contribution >= 0.6 is 0 Å². The number of ether oxygens (including phenoxy) is 5. The summed E-state index contributed by atoms with van der Waals surface area (Å²) >= 11 is 0. The van der Waals surface area contributed by atoms with Crippen molar-refractivity contribution in [1.82, 2.24) is 9.97 Å². The van der Waals surface area contributed by atoms with E-state index in [0.29, 0.717) is 41.1 Å². The molecule has 2 aromatic heterocycles. The second kappa shape index (κ2) is 19.4. The molecule has 1 aliphatic rings. The Labute approximate surface area is 315 Å². The van der Waals surface area contributed by atoms with Gasteiger partial charge in [0.05, 0.1) is 45.8 Å². The lowest BCUT2D eigenvalue weighted by Gasteiger charge is -2.10. The van der Waals surface area contributed by atoms with Crippen LogP contribution in [-0.4, -0.2) is 73.5 Å². The summed E-state index contributed by atoms with van der Waals surface area (Å²) in [6.07, 6.45) is 3.10. The Morgan fingerprint density at radius 2 is 1.35 bits per heavy atom. The minimum atomic E-state index is -0.646. The third kappa shape index (κ3) is 10.5. The number of nitrogens with zero attached hydrogens (tertiary/aromatic N) is 1. The molecule has 0 saturated heterocycles. The summed E-state index contributed by atoms with van der Waals surface area (Å²) < 4.78 is 25.7. The minimum Gasteiger partial charge on any atom is -0.469 e. The van der Waals surface area contributed by atoms with Gasteiger partial charge in [-0.1, -0.05) is 30.3 Å². The third-order valence-corrected chi connectivity index (χ3v) is 9.51. The second-order valence-electron chi connectivity index (χ2n) is 12.8. The summed E-state index contributed by atoms with van der Waals surface area (Å²) in [6, 6.07) is 9.23. The first kappa shape index (κ1) is 41.0. The van der Waals surface area contributed by atoms with Gasteiger partial charge in [0, 0.05) is 42.8 Å². The van der Waals surface area contributed by atoms with Crippen LogP contribution < -0.4 is 0 Å². The smallest absolute Gasteiger partial charge is 0.355 e. The van der Waals surface area contributed by atoms with Gasteiger partial charge in [0.2, 0.25) is 0 Å². The number of aryl methyl sites for hydroxylation is 1. The largest absolute Gasteiger partial charge is 0.469 e. The maximum atomic E-state index is 13.7. The van der Waals surface area contributed by atoms with Gasteiger partial charge < -0.3 is 33.7 Å². The first-order chi connectivity index (χ1) is 25.9. The van der Waals surface area contributed by atoms with E-state index < -0.39 is 17.9 Å². The summed E-state index contributed by atoms with van der Waals surface area (Å²) in [6.45, 7) is 7.74. The van der Waals surface area contributed by atoms with Gasteiger partial charge in [-0.05, 0) is 92.0 Å². The van der Waals surface area contributed by atoms with E-state index in [1.165, 1.54) is 21.3 Å². The lowest BCUT2D eigenvalue weighted by atomic mass is 9.95. The lowest BCUT2D eigenvalue weighted by molar-refractivity contribution is -0.142. The number of allylic oxidation sites excluding steroid dienone is 2. The van der Waals surface area contributed by atoms with E-state index >= 15 is 0 Å². The summed E-state index contributed by atoms with van der Waals surface area (Å²) in [4.78, 5) is 75.0. The molecule has 2 N–H and O–H groups in total. The molecule has 0 saturated carbocycles. The fourth-order valence-corrected chi connectivity index (χ4v) is 6.41. The number of hydrogen-bond donors (Lipinski definition) is 2. The number of H-pyrrole nitrogens is 2. The van der Waals surface area contributed by atoms with E-state index in [0.717, 1.165) is 39.2 Å². The Balaban J connectivity index is 1.81. The summed E-state index contributed by atoms with van der Waals surface area (Å²) in [5.74, 6) is -2.32. The Hall–Kier alpha value is -5.72. The number of nitrogens with one attached hydrogen (secondary N) is 2. The number of carbonyl (C=O) groups is 5. The van der Waals surface area contributed by atoms with Crippen LogP contribution in [0.15, 0.2) is 52.2 Å². The molecule has 1 aromatic carbocycles. The van der Waals surface area contributed by atoms with Crippen molar-refractivity contribution in [2.45, 2.75) is 85.7 Å². The van der Waals surface area contributed by atoms with Crippen LogP contribution in [0.2, 0.25) is 0 Å². The molecule has 0 radical (unpaired) electrons. The number of methoxy groups -OCH3 is 3. The molecule has 0 bridgehead atoms. The topological polar surface area (TPSA) is 175 Å². The van der Waals surface area contributed by atoms with Gasteiger partial charge in [-0.15, -0.1) is 0 Å². The highest BCUT2D eigenvalue weighted by Gasteiger charge is 2.29. The first-order valence-electron chi connectivity index (χ1n) is 17.9. The molecular formula is C41H49N3O10. The molecule has 4 rings (SSSR count). The van der Waals surface area contributed by atoms with Gasteiger partial charge in [0.25, 0.3) is 0 Å². The van der Waals surface area contributed by atoms with Crippen LogP contribution in [0, 0.1) is 13.8 Å². The van der Waals surface area contributed by atoms with Crippen molar-refractivity contribution in [2.24, 2.45) is 4.99 Å². The number of benzene rings is 1. The molecule has 1 aliphatic heterocycles. The highest BCUT2D eigenvalue weighted by atomic mass is 16.5.